The second-order valence-corrected chi connectivity index (χ2v) is 9.36. The SMILES string of the molecule is COc1ccc(S(=O)(=O)CC(=O)Nc2sc3c(c2C(N)=O)CCCC3)cc1. The van der Waals surface area contributed by atoms with Gasteiger partial charge in [-0.05, 0) is 55.5 Å². The number of rotatable bonds is 6. The number of ether oxygens (including phenoxy) is 1. The lowest BCUT2D eigenvalue weighted by molar-refractivity contribution is -0.113. The van der Waals surface area contributed by atoms with Crippen LogP contribution in [0.3, 0.4) is 0 Å². The van der Waals surface area contributed by atoms with Crippen molar-refractivity contribution >= 4 is 38.0 Å². The number of nitrogens with two attached hydrogens (primary N) is 1. The van der Waals surface area contributed by atoms with Gasteiger partial charge in [0.05, 0.1) is 17.6 Å². The molecule has 0 aliphatic heterocycles. The molecule has 27 heavy (non-hydrogen) atoms. The first-order chi connectivity index (χ1) is 12.8. The van der Waals surface area contributed by atoms with E-state index >= 15 is 0 Å². The Bertz CT molecular complexity index is 978. The topological polar surface area (TPSA) is 116 Å². The molecular weight excluding hydrogens is 388 g/mol. The van der Waals surface area contributed by atoms with Gasteiger partial charge in [-0.2, -0.15) is 0 Å². The van der Waals surface area contributed by atoms with Gasteiger partial charge < -0.3 is 15.8 Å². The van der Waals surface area contributed by atoms with E-state index in [1.54, 1.807) is 0 Å². The van der Waals surface area contributed by atoms with Crippen LogP contribution < -0.4 is 15.8 Å². The number of carbonyl (C=O) groups excluding carboxylic acids is 2. The van der Waals surface area contributed by atoms with E-state index in [0.717, 1.165) is 36.1 Å². The monoisotopic (exact) mass is 408 g/mol. The average Bonchev–Trinajstić information content (AvgIpc) is 2.99. The fourth-order valence-corrected chi connectivity index (χ4v) is 5.56. The number of benzene rings is 1. The molecule has 3 rings (SSSR count). The summed E-state index contributed by atoms with van der Waals surface area (Å²) in [7, 11) is -2.34. The summed E-state index contributed by atoms with van der Waals surface area (Å²) >= 11 is 1.30. The minimum Gasteiger partial charge on any atom is -0.497 e. The lowest BCUT2D eigenvalue weighted by Crippen LogP contribution is -2.24. The summed E-state index contributed by atoms with van der Waals surface area (Å²) in [6, 6.07) is 5.81. The molecule has 0 bridgehead atoms. The van der Waals surface area contributed by atoms with Crippen molar-refractivity contribution in [2.75, 3.05) is 18.2 Å². The Morgan fingerprint density at radius 3 is 2.48 bits per heavy atom. The van der Waals surface area contributed by atoms with Crippen LogP contribution in [-0.4, -0.2) is 33.1 Å². The summed E-state index contributed by atoms with van der Waals surface area (Å²) in [6.07, 6.45) is 3.55. The van der Waals surface area contributed by atoms with Crippen molar-refractivity contribution < 1.29 is 22.7 Å². The van der Waals surface area contributed by atoms with Crippen LogP contribution in [0.15, 0.2) is 29.2 Å². The molecule has 1 aromatic carbocycles. The zero-order chi connectivity index (χ0) is 19.6. The van der Waals surface area contributed by atoms with Crippen molar-refractivity contribution in [1.82, 2.24) is 0 Å². The highest BCUT2D eigenvalue weighted by Crippen LogP contribution is 2.37. The van der Waals surface area contributed by atoms with E-state index < -0.39 is 27.4 Å². The molecule has 0 unspecified atom stereocenters. The molecule has 0 saturated heterocycles. The lowest BCUT2D eigenvalue weighted by Gasteiger charge is -2.11. The molecule has 0 spiro atoms. The van der Waals surface area contributed by atoms with E-state index in [1.807, 2.05) is 0 Å². The fourth-order valence-electron chi connectivity index (χ4n) is 3.12. The third-order valence-electron chi connectivity index (χ3n) is 4.41. The van der Waals surface area contributed by atoms with Crippen LogP contribution in [0.25, 0.3) is 0 Å². The zero-order valence-electron chi connectivity index (χ0n) is 14.8. The van der Waals surface area contributed by atoms with Gasteiger partial charge in [-0.25, -0.2) is 8.42 Å². The third-order valence-corrected chi connectivity index (χ3v) is 7.25. The highest BCUT2D eigenvalue weighted by Gasteiger charge is 2.26. The number of methoxy groups -OCH3 is 1. The lowest BCUT2D eigenvalue weighted by atomic mass is 9.95. The molecule has 7 nitrogen and oxygen atoms in total. The van der Waals surface area contributed by atoms with Crippen LogP contribution in [0.5, 0.6) is 5.75 Å². The maximum Gasteiger partial charge on any atom is 0.251 e. The molecular formula is C18H20N2O5S2. The molecule has 0 radical (unpaired) electrons. The molecule has 144 valence electrons. The molecule has 2 amide bonds. The van der Waals surface area contributed by atoms with Gasteiger partial charge in [-0.15, -0.1) is 11.3 Å². The molecule has 1 aliphatic rings. The number of carbonyl (C=O) groups is 2. The summed E-state index contributed by atoms with van der Waals surface area (Å²) in [5, 5.41) is 2.91. The quantitative estimate of drug-likeness (QED) is 0.760. The van der Waals surface area contributed by atoms with Gasteiger partial charge >= 0.3 is 0 Å². The number of thiophene rings is 1. The van der Waals surface area contributed by atoms with E-state index in [2.05, 4.69) is 5.32 Å². The van der Waals surface area contributed by atoms with E-state index in [1.165, 1.54) is 42.7 Å². The molecule has 0 atom stereocenters. The van der Waals surface area contributed by atoms with Gasteiger partial charge in [0, 0.05) is 4.88 Å². The van der Waals surface area contributed by atoms with Crippen molar-refractivity contribution in [2.45, 2.75) is 30.6 Å². The highest BCUT2D eigenvalue weighted by atomic mass is 32.2. The number of aryl methyl sites for hydroxylation is 1. The number of sulfone groups is 1. The van der Waals surface area contributed by atoms with Crippen molar-refractivity contribution in [3.63, 3.8) is 0 Å². The number of nitrogens with one attached hydrogen (secondary N) is 1. The number of primary amides is 1. The number of anilines is 1. The first-order valence-electron chi connectivity index (χ1n) is 8.43. The Morgan fingerprint density at radius 1 is 1.19 bits per heavy atom. The molecule has 1 heterocycles. The Morgan fingerprint density at radius 2 is 1.85 bits per heavy atom. The number of amides is 2. The minimum atomic E-state index is -3.82. The minimum absolute atomic E-state index is 0.0269. The van der Waals surface area contributed by atoms with Crippen molar-refractivity contribution in [3.8, 4) is 5.75 Å². The summed E-state index contributed by atoms with van der Waals surface area (Å²) in [5.74, 6) is -1.51. The number of hydrogen-bond donors (Lipinski definition) is 2. The van der Waals surface area contributed by atoms with E-state index in [0.29, 0.717) is 16.3 Å². The highest BCUT2D eigenvalue weighted by molar-refractivity contribution is 7.92. The van der Waals surface area contributed by atoms with Crippen LogP contribution in [0.2, 0.25) is 0 Å². The molecule has 1 aliphatic carbocycles. The molecule has 2 aromatic rings. The Labute approximate surface area is 161 Å². The smallest absolute Gasteiger partial charge is 0.251 e. The molecule has 0 saturated carbocycles. The van der Waals surface area contributed by atoms with Crippen LogP contribution in [0.4, 0.5) is 5.00 Å². The van der Waals surface area contributed by atoms with Crippen molar-refractivity contribution in [3.05, 3.63) is 40.3 Å². The van der Waals surface area contributed by atoms with Gasteiger partial charge in [0.15, 0.2) is 9.84 Å². The van der Waals surface area contributed by atoms with E-state index in [4.69, 9.17) is 10.5 Å². The fraction of sp³-hybridized carbons (Fsp3) is 0.333. The number of fused-ring (bicyclic) bond motifs is 1. The average molecular weight is 409 g/mol. The summed E-state index contributed by atoms with van der Waals surface area (Å²) in [5.41, 5.74) is 6.68. The van der Waals surface area contributed by atoms with E-state index in [9.17, 15) is 18.0 Å². The molecule has 1 aromatic heterocycles. The van der Waals surface area contributed by atoms with Gasteiger partial charge in [0.2, 0.25) is 5.91 Å². The first-order valence-corrected chi connectivity index (χ1v) is 10.9. The van der Waals surface area contributed by atoms with Gasteiger partial charge in [0.1, 0.15) is 16.5 Å². The predicted molar refractivity (Wildman–Crippen MR) is 103 cm³/mol. The second kappa shape index (κ2) is 7.69. The Balaban J connectivity index is 1.79. The molecule has 9 heteroatoms. The summed E-state index contributed by atoms with van der Waals surface area (Å²) in [4.78, 5) is 25.3. The van der Waals surface area contributed by atoms with Crippen LogP contribution >= 0.6 is 11.3 Å². The maximum atomic E-state index is 12.5. The number of hydrogen-bond acceptors (Lipinski definition) is 6. The summed E-state index contributed by atoms with van der Waals surface area (Å²) in [6.45, 7) is 0. The van der Waals surface area contributed by atoms with Crippen molar-refractivity contribution in [2.24, 2.45) is 5.73 Å². The Hall–Kier alpha value is -2.39. The normalized spacial score (nSPS) is 13.7. The largest absolute Gasteiger partial charge is 0.497 e. The molecule has 0 fully saturated rings. The Kier molecular flexibility index (Phi) is 5.52. The third kappa shape index (κ3) is 4.14. The van der Waals surface area contributed by atoms with Gasteiger partial charge in [-0.3, -0.25) is 9.59 Å². The zero-order valence-corrected chi connectivity index (χ0v) is 16.4. The van der Waals surface area contributed by atoms with Gasteiger partial charge in [-0.1, -0.05) is 0 Å². The summed E-state index contributed by atoms with van der Waals surface area (Å²) < 4.78 is 29.9. The van der Waals surface area contributed by atoms with E-state index in [-0.39, 0.29) is 4.90 Å². The molecule has 3 N–H and O–H groups in total. The first kappa shape index (κ1) is 19.4. The van der Waals surface area contributed by atoms with Crippen LogP contribution in [-0.2, 0) is 27.5 Å². The maximum absolute atomic E-state index is 12.5. The van der Waals surface area contributed by atoms with Crippen molar-refractivity contribution in [1.29, 1.82) is 0 Å². The van der Waals surface area contributed by atoms with Crippen LogP contribution in [0, 0.1) is 0 Å². The second-order valence-electron chi connectivity index (χ2n) is 6.26. The van der Waals surface area contributed by atoms with Crippen LogP contribution in [0.1, 0.15) is 33.6 Å². The predicted octanol–water partition coefficient (Wildman–Crippen LogP) is 2.15. The standard InChI is InChI=1S/C18H20N2O5S2/c1-25-11-6-8-12(9-7-11)27(23,24)10-15(21)20-18-16(17(19)22)13-4-2-3-5-14(13)26-18/h6-9H,2-5,10H2,1H3,(H2,19,22)(H,20,21). The van der Waals surface area contributed by atoms with Gasteiger partial charge in [0.25, 0.3) is 5.91 Å².